The summed E-state index contributed by atoms with van der Waals surface area (Å²) < 4.78 is 26.3. The number of rotatable bonds is 4. The van der Waals surface area contributed by atoms with Crippen LogP contribution in [0.25, 0.3) is 0 Å². The average Bonchev–Trinajstić information content (AvgIpc) is 2.14. The molecule has 1 rings (SSSR count). The van der Waals surface area contributed by atoms with Crippen LogP contribution in [0.4, 0.5) is 14.5 Å². The highest BCUT2D eigenvalue weighted by Gasteiger charge is 2.06. The molecular formula is C9H10BrF2NS. The second-order valence-electron chi connectivity index (χ2n) is 2.67. The van der Waals surface area contributed by atoms with Gasteiger partial charge in [-0.15, -0.1) is 0 Å². The number of nitrogens with one attached hydrogen (secondary N) is 1. The summed E-state index contributed by atoms with van der Waals surface area (Å²) in [5, 5.41) is 2.83. The van der Waals surface area contributed by atoms with Crippen LogP contribution in [0.15, 0.2) is 16.6 Å². The van der Waals surface area contributed by atoms with Gasteiger partial charge in [-0.25, -0.2) is 8.78 Å². The smallest absolute Gasteiger partial charge is 0.147 e. The van der Waals surface area contributed by atoms with Crippen molar-refractivity contribution in [3.8, 4) is 0 Å². The lowest BCUT2D eigenvalue weighted by atomic mass is 10.3. The van der Waals surface area contributed by atoms with E-state index >= 15 is 0 Å². The maximum atomic E-state index is 13.2. The summed E-state index contributed by atoms with van der Waals surface area (Å²) in [6, 6.07) is 2.27. The van der Waals surface area contributed by atoms with Crippen LogP contribution in [-0.4, -0.2) is 18.6 Å². The van der Waals surface area contributed by atoms with E-state index in [2.05, 4.69) is 21.2 Å². The van der Waals surface area contributed by atoms with Crippen molar-refractivity contribution in [2.75, 3.05) is 23.9 Å². The first-order valence-corrected chi connectivity index (χ1v) is 6.21. The molecule has 0 unspecified atom stereocenters. The highest BCUT2D eigenvalue weighted by Crippen LogP contribution is 2.23. The van der Waals surface area contributed by atoms with Crippen molar-refractivity contribution in [3.05, 3.63) is 28.2 Å². The van der Waals surface area contributed by atoms with Gasteiger partial charge in [0.2, 0.25) is 0 Å². The normalized spacial score (nSPS) is 10.3. The maximum Gasteiger partial charge on any atom is 0.147 e. The molecule has 0 aliphatic heterocycles. The average molecular weight is 282 g/mol. The van der Waals surface area contributed by atoms with Crippen molar-refractivity contribution < 1.29 is 8.78 Å². The molecule has 0 fully saturated rings. The first-order valence-electron chi connectivity index (χ1n) is 4.02. The third kappa shape index (κ3) is 3.13. The second-order valence-corrected chi connectivity index (χ2v) is 4.51. The minimum absolute atomic E-state index is 0.144. The zero-order valence-corrected chi connectivity index (χ0v) is 10.0. The van der Waals surface area contributed by atoms with Gasteiger partial charge in [0, 0.05) is 18.4 Å². The monoisotopic (exact) mass is 281 g/mol. The van der Waals surface area contributed by atoms with Crippen LogP contribution >= 0.6 is 27.7 Å². The van der Waals surface area contributed by atoms with Crippen molar-refractivity contribution in [3.63, 3.8) is 0 Å². The quantitative estimate of drug-likeness (QED) is 0.670. The van der Waals surface area contributed by atoms with Gasteiger partial charge < -0.3 is 5.32 Å². The molecule has 0 saturated carbocycles. The number of hydrogen-bond donors (Lipinski definition) is 1. The van der Waals surface area contributed by atoms with Crippen LogP contribution in [-0.2, 0) is 0 Å². The molecule has 0 bridgehead atoms. The predicted molar refractivity (Wildman–Crippen MR) is 60.9 cm³/mol. The Morgan fingerprint density at radius 1 is 1.36 bits per heavy atom. The Morgan fingerprint density at radius 2 is 2.07 bits per heavy atom. The molecule has 0 aliphatic rings. The van der Waals surface area contributed by atoms with Gasteiger partial charge in [-0.3, -0.25) is 0 Å². The standard InChI is InChI=1S/C9H10BrF2NS/c1-14-3-2-13-9-5-7(11)6(10)4-8(9)12/h4-5,13H,2-3H2,1H3. The van der Waals surface area contributed by atoms with Crippen LogP contribution in [0.3, 0.4) is 0 Å². The molecule has 14 heavy (non-hydrogen) atoms. The van der Waals surface area contributed by atoms with E-state index in [1.807, 2.05) is 6.26 Å². The molecule has 0 saturated heterocycles. The van der Waals surface area contributed by atoms with Gasteiger partial charge in [0.25, 0.3) is 0 Å². The van der Waals surface area contributed by atoms with Crippen molar-refractivity contribution >= 4 is 33.4 Å². The molecule has 0 amide bonds. The lowest BCUT2D eigenvalue weighted by Gasteiger charge is -2.07. The first-order chi connectivity index (χ1) is 6.65. The largest absolute Gasteiger partial charge is 0.382 e. The Labute approximate surface area is 94.4 Å². The minimum atomic E-state index is -0.460. The molecule has 0 radical (unpaired) electrons. The molecule has 5 heteroatoms. The fourth-order valence-corrected chi connectivity index (χ4v) is 1.57. The number of hydrogen-bond acceptors (Lipinski definition) is 2. The molecule has 1 N–H and O–H groups in total. The lowest BCUT2D eigenvalue weighted by Crippen LogP contribution is -2.05. The Kier molecular flexibility index (Phi) is 4.68. The maximum absolute atomic E-state index is 13.2. The number of anilines is 1. The van der Waals surface area contributed by atoms with Crippen molar-refractivity contribution in [1.29, 1.82) is 0 Å². The Hall–Kier alpha value is -0.290. The molecule has 0 spiro atoms. The molecule has 0 aromatic heterocycles. The SMILES string of the molecule is CSCCNc1cc(F)c(Br)cc1F. The summed E-state index contributed by atoms with van der Waals surface area (Å²) in [6.07, 6.45) is 1.96. The van der Waals surface area contributed by atoms with E-state index in [1.54, 1.807) is 11.8 Å². The number of benzene rings is 1. The topological polar surface area (TPSA) is 12.0 Å². The summed E-state index contributed by atoms with van der Waals surface area (Å²) in [6.45, 7) is 0.624. The van der Waals surface area contributed by atoms with Crippen molar-refractivity contribution in [2.45, 2.75) is 0 Å². The molecule has 0 heterocycles. The van der Waals surface area contributed by atoms with Gasteiger partial charge in [0.05, 0.1) is 10.2 Å². The van der Waals surface area contributed by atoms with Gasteiger partial charge in [-0.1, -0.05) is 0 Å². The van der Waals surface area contributed by atoms with Gasteiger partial charge in [-0.2, -0.15) is 11.8 Å². The molecule has 1 aromatic rings. The molecule has 0 aliphatic carbocycles. The van der Waals surface area contributed by atoms with Crippen LogP contribution in [0, 0.1) is 11.6 Å². The fraction of sp³-hybridized carbons (Fsp3) is 0.333. The Balaban J connectivity index is 2.72. The number of thioether (sulfide) groups is 1. The summed E-state index contributed by atoms with van der Waals surface area (Å²) in [7, 11) is 0. The van der Waals surface area contributed by atoms with Crippen molar-refractivity contribution in [1.82, 2.24) is 0 Å². The second kappa shape index (κ2) is 5.56. The molecule has 1 aromatic carbocycles. The fourth-order valence-electron chi connectivity index (χ4n) is 0.946. The Morgan fingerprint density at radius 3 is 2.71 bits per heavy atom. The minimum Gasteiger partial charge on any atom is -0.382 e. The summed E-state index contributed by atoms with van der Waals surface area (Å²) in [4.78, 5) is 0. The Bertz CT molecular complexity index is 320. The van der Waals surface area contributed by atoms with E-state index in [0.717, 1.165) is 17.9 Å². The predicted octanol–water partition coefficient (Wildman–Crippen LogP) is 3.50. The molecule has 78 valence electrons. The van der Waals surface area contributed by atoms with Gasteiger partial charge in [-0.05, 0) is 28.3 Å². The van der Waals surface area contributed by atoms with E-state index in [1.165, 1.54) is 0 Å². The van der Waals surface area contributed by atoms with Crippen LogP contribution in [0.5, 0.6) is 0 Å². The zero-order chi connectivity index (χ0) is 10.6. The molecule has 1 nitrogen and oxygen atoms in total. The molecule has 0 atom stereocenters. The van der Waals surface area contributed by atoms with E-state index in [4.69, 9.17) is 0 Å². The van der Waals surface area contributed by atoms with E-state index < -0.39 is 11.6 Å². The van der Waals surface area contributed by atoms with Crippen LogP contribution in [0.1, 0.15) is 0 Å². The number of halogens is 3. The van der Waals surface area contributed by atoms with Gasteiger partial charge >= 0.3 is 0 Å². The molecular weight excluding hydrogens is 272 g/mol. The zero-order valence-electron chi connectivity index (χ0n) is 7.61. The van der Waals surface area contributed by atoms with E-state index in [9.17, 15) is 8.78 Å². The van der Waals surface area contributed by atoms with E-state index in [-0.39, 0.29) is 10.2 Å². The highest BCUT2D eigenvalue weighted by atomic mass is 79.9. The third-order valence-electron chi connectivity index (χ3n) is 1.63. The lowest BCUT2D eigenvalue weighted by molar-refractivity contribution is 0.597. The van der Waals surface area contributed by atoms with Crippen LogP contribution < -0.4 is 5.32 Å². The van der Waals surface area contributed by atoms with Gasteiger partial charge in [0.15, 0.2) is 0 Å². The highest BCUT2D eigenvalue weighted by molar-refractivity contribution is 9.10. The third-order valence-corrected chi connectivity index (χ3v) is 2.85. The van der Waals surface area contributed by atoms with Crippen molar-refractivity contribution in [2.24, 2.45) is 0 Å². The summed E-state index contributed by atoms with van der Waals surface area (Å²) in [5.41, 5.74) is 0.208. The summed E-state index contributed by atoms with van der Waals surface area (Å²) in [5.74, 6) is -0.0469. The van der Waals surface area contributed by atoms with E-state index in [0.29, 0.717) is 6.54 Å². The first kappa shape index (κ1) is 11.8. The summed E-state index contributed by atoms with van der Waals surface area (Å²) >= 11 is 4.56. The van der Waals surface area contributed by atoms with Crippen LogP contribution in [0.2, 0.25) is 0 Å². The van der Waals surface area contributed by atoms with Gasteiger partial charge in [0.1, 0.15) is 11.6 Å².